The van der Waals surface area contributed by atoms with E-state index >= 15 is 0 Å². The summed E-state index contributed by atoms with van der Waals surface area (Å²) in [5.74, 6) is 0.118. The van der Waals surface area contributed by atoms with Crippen LogP contribution < -0.4 is 5.73 Å². The Morgan fingerprint density at radius 2 is 2.32 bits per heavy atom. The Hall–Kier alpha value is -1.36. The van der Waals surface area contributed by atoms with Crippen molar-refractivity contribution in [1.82, 2.24) is 9.97 Å². The molecule has 0 aromatic carbocycles. The maximum absolute atomic E-state index is 11.8. The maximum atomic E-state index is 11.8. The SMILES string of the molecule is CCCCC(CC)COC(=O)[C@H](N)Cc1cnc[nH]1. The molecule has 0 saturated heterocycles. The number of aromatic nitrogens is 2. The van der Waals surface area contributed by atoms with E-state index in [1.807, 2.05) is 0 Å². The Bertz CT molecular complexity index is 352. The van der Waals surface area contributed by atoms with Crippen LogP contribution in [-0.2, 0) is 16.0 Å². The van der Waals surface area contributed by atoms with E-state index in [2.05, 4.69) is 23.8 Å². The molecule has 0 bridgehead atoms. The van der Waals surface area contributed by atoms with E-state index in [0.29, 0.717) is 18.9 Å². The highest BCUT2D eigenvalue weighted by Gasteiger charge is 2.18. The standard InChI is InChI=1S/C14H25N3O2/c1-3-5-6-11(4-2)9-19-14(18)13(15)7-12-8-16-10-17-12/h8,10-11,13H,3-7,9,15H2,1-2H3,(H,16,17)/t11?,13-/m1/s1. The van der Waals surface area contributed by atoms with Crippen LogP contribution in [0.1, 0.15) is 45.2 Å². The second-order valence-electron chi connectivity index (χ2n) is 4.93. The zero-order chi connectivity index (χ0) is 14.1. The van der Waals surface area contributed by atoms with Crippen LogP contribution in [-0.4, -0.2) is 28.6 Å². The molecule has 0 fully saturated rings. The van der Waals surface area contributed by atoms with Gasteiger partial charge in [-0.25, -0.2) is 4.98 Å². The summed E-state index contributed by atoms with van der Waals surface area (Å²) in [6.07, 6.45) is 8.16. The van der Waals surface area contributed by atoms with Gasteiger partial charge in [-0.05, 0) is 12.3 Å². The van der Waals surface area contributed by atoms with Gasteiger partial charge in [0, 0.05) is 18.3 Å². The molecule has 3 N–H and O–H groups in total. The molecule has 2 atom stereocenters. The quantitative estimate of drug-likeness (QED) is 0.671. The molecule has 1 rings (SSSR count). The van der Waals surface area contributed by atoms with Crippen molar-refractivity contribution in [2.45, 2.75) is 52.0 Å². The second kappa shape index (κ2) is 8.69. The van der Waals surface area contributed by atoms with Crippen LogP contribution in [0.5, 0.6) is 0 Å². The van der Waals surface area contributed by atoms with Crippen LogP contribution in [0.2, 0.25) is 0 Å². The zero-order valence-corrected chi connectivity index (χ0v) is 11.9. The molecule has 1 aromatic heterocycles. The predicted molar refractivity (Wildman–Crippen MR) is 74.5 cm³/mol. The summed E-state index contributed by atoms with van der Waals surface area (Å²) in [6, 6.07) is -0.621. The van der Waals surface area contributed by atoms with E-state index in [1.165, 1.54) is 12.8 Å². The van der Waals surface area contributed by atoms with Gasteiger partial charge in [0.2, 0.25) is 0 Å². The number of nitrogens with one attached hydrogen (secondary N) is 1. The number of aromatic amines is 1. The minimum Gasteiger partial charge on any atom is -0.464 e. The lowest BCUT2D eigenvalue weighted by Gasteiger charge is -2.16. The monoisotopic (exact) mass is 267 g/mol. The van der Waals surface area contributed by atoms with Crippen LogP contribution in [0, 0.1) is 5.92 Å². The molecule has 5 heteroatoms. The van der Waals surface area contributed by atoms with Gasteiger partial charge in [0.15, 0.2) is 0 Å². The van der Waals surface area contributed by atoms with Crippen molar-refractivity contribution in [2.75, 3.05) is 6.61 Å². The van der Waals surface area contributed by atoms with Crippen LogP contribution in [0.3, 0.4) is 0 Å². The second-order valence-corrected chi connectivity index (χ2v) is 4.93. The minimum absolute atomic E-state index is 0.329. The highest BCUT2D eigenvalue weighted by Crippen LogP contribution is 2.13. The molecule has 0 aliphatic rings. The maximum Gasteiger partial charge on any atom is 0.323 e. The van der Waals surface area contributed by atoms with Crippen LogP contribution in [0.15, 0.2) is 12.5 Å². The number of nitrogens with zero attached hydrogens (tertiary/aromatic N) is 1. The molecule has 5 nitrogen and oxygen atoms in total. The lowest BCUT2D eigenvalue weighted by Crippen LogP contribution is -2.35. The number of carbonyl (C=O) groups is 1. The number of hydrogen-bond acceptors (Lipinski definition) is 4. The highest BCUT2D eigenvalue weighted by atomic mass is 16.5. The fourth-order valence-corrected chi connectivity index (χ4v) is 1.92. The van der Waals surface area contributed by atoms with Gasteiger partial charge in [-0.15, -0.1) is 0 Å². The first-order valence-corrected chi connectivity index (χ1v) is 7.06. The molecular formula is C14H25N3O2. The molecule has 0 aliphatic heterocycles. The average molecular weight is 267 g/mol. The van der Waals surface area contributed by atoms with Gasteiger partial charge < -0.3 is 15.5 Å². The van der Waals surface area contributed by atoms with Crippen molar-refractivity contribution in [3.63, 3.8) is 0 Å². The van der Waals surface area contributed by atoms with E-state index < -0.39 is 6.04 Å². The predicted octanol–water partition coefficient (Wildman–Crippen LogP) is 2.04. The van der Waals surface area contributed by atoms with Crippen molar-refractivity contribution >= 4 is 5.97 Å². The number of hydrogen-bond donors (Lipinski definition) is 2. The molecule has 1 heterocycles. The van der Waals surface area contributed by atoms with E-state index in [1.54, 1.807) is 12.5 Å². The number of H-pyrrole nitrogens is 1. The van der Waals surface area contributed by atoms with E-state index in [-0.39, 0.29) is 5.97 Å². The van der Waals surface area contributed by atoms with Crippen molar-refractivity contribution in [3.8, 4) is 0 Å². The normalized spacial score (nSPS) is 14.1. The molecule has 0 aliphatic carbocycles. The molecule has 19 heavy (non-hydrogen) atoms. The summed E-state index contributed by atoms with van der Waals surface area (Å²) in [5, 5.41) is 0. The van der Waals surface area contributed by atoms with Gasteiger partial charge in [-0.2, -0.15) is 0 Å². The Morgan fingerprint density at radius 1 is 1.53 bits per heavy atom. The number of rotatable bonds is 9. The fourth-order valence-electron chi connectivity index (χ4n) is 1.92. The fraction of sp³-hybridized carbons (Fsp3) is 0.714. The van der Waals surface area contributed by atoms with Crippen molar-refractivity contribution in [2.24, 2.45) is 11.7 Å². The third kappa shape index (κ3) is 5.87. The van der Waals surface area contributed by atoms with Gasteiger partial charge in [0.1, 0.15) is 6.04 Å². The van der Waals surface area contributed by atoms with Crippen LogP contribution in [0.4, 0.5) is 0 Å². The van der Waals surface area contributed by atoms with E-state index in [0.717, 1.165) is 18.5 Å². The van der Waals surface area contributed by atoms with Gasteiger partial charge >= 0.3 is 5.97 Å². The van der Waals surface area contributed by atoms with Gasteiger partial charge in [-0.1, -0.05) is 33.1 Å². The van der Waals surface area contributed by atoms with Crippen molar-refractivity contribution in [3.05, 3.63) is 18.2 Å². The average Bonchev–Trinajstić information content (AvgIpc) is 2.91. The van der Waals surface area contributed by atoms with Crippen molar-refractivity contribution in [1.29, 1.82) is 0 Å². The van der Waals surface area contributed by atoms with Gasteiger partial charge in [0.05, 0.1) is 12.9 Å². The molecule has 0 saturated carbocycles. The van der Waals surface area contributed by atoms with Gasteiger partial charge in [0.25, 0.3) is 0 Å². The first-order valence-electron chi connectivity index (χ1n) is 7.06. The lowest BCUT2D eigenvalue weighted by molar-refractivity contribution is -0.146. The Balaban J connectivity index is 2.29. The molecule has 1 unspecified atom stereocenters. The summed E-state index contributed by atoms with van der Waals surface area (Å²) in [6.45, 7) is 4.77. The number of imidazole rings is 1. The largest absolute Gasteiger partial charge is 0.464 e. The number of nitrogens with two attached hydrogens (primary N) is 1. The van der Waals surface area contributed by atoms with Crippen molar-refractivity contribution < 1.29 is 9.53 Å². The molecule has 0 spiro atoms. The smallest absolute Gasteiger partial charge is 0.323 e. The summed E-state index contributed by atoms with van der Waals surface area (Å²) in [7, 11) is 0. The first kappa shape index (κ1) is 15.7. The Morgan fingerprint density at radius 3 is 2.89 bits per heavy atom. The minimum atomic E-state index is -0.621. The third-order valence-electron chi connectivity index (χ3n) is 3.30. The molecule has 1 aromatic rings. The number of carbonyl (C=O) groups excluding carboxylic acids is 1. The molecule has 0 radical (unpaired) electrons. The van der Waals surface area contributed by atoms with Gasteiger partial charge in [-0.3, -0.25) is 4.79 Å². The zero-order valence-electron chi connectivity index (χ0n) is 11.9. The Kier molecular flexibility index (Phi) is 7.18. The lowest BCUT2D eigenvalue weighted by atomic mass is 10.0. The number of ether oxygens (including phenoxy) is 1. The number of esters is 1. The first-order chi connectivity index (χ1) is 9.17. The Labute approximate surface area is 114 Å². The molecule has 0 amide bonds. The summed E-state index contributed by atoms with van der Waals surface area (Å²) >= 11 is 0. The third-order valence-corrected chi connectivity index (χ3v) is 3.30. The molecular weight excluding hydrogens is 242 g/mol. The molecule has 108 valence electrons. The van der Waals surface area contributed by atoms with E-state index in [4.69, 9.17) is 10.5 Å². The highest BCUT2D eigenvalue weighted by molar-refractivity contribution is 5.75. The summed E-state index contributed by atoms with van der Waals surface area (Å²) < 4.78 is 5.30. The van der Waals surface area contributed by atoms with Crippen LogP contribution in [0.25, 0.3) is 0 Å². The summed E-state index contributed by atoms with van der Waals surface area (Å²) in [4.78, 5) is 18.6. The summed E-state index contributed by atoms with van der Waals surface area (Å²) in [5.41, 5.74) is 6.66. The number of unbranched alkanes of at least 4 members (excludes halogenated alkanes) is 1. The topological polar surface area (TPSA) is 81.0 Å². The van der Waals surface area contributed by atoms with E-state index in [9.17, 15) is 4.79 Å². The van der Waals surface area contributed by atoms with Crippen LogP contribution >= 0.6 is 0 Å².